The van der Waals surface area contributed by atoms with Gasteiger partial charge in [0.15, 0.2) is 5.96 Å². The maximum atomic E-state index is 6.23. The Labute approximate surface area is 117 Å². The summed E-state index contributed by atoms with van der Waals surface area (Å²) in [4.78, 5) is 7.14. The molecule has 108 valence electrons. The monoisotopic (exact) mass is 263 g/mol. The van der Waals surface area contributed by atoms with Crippen molar-refractivity contribution in [2.45, 2.75) is 82.7 Å². The zero-order valence-electron chi connectivity index (χ0n) is 12.2. The summed E-state index contributed by atoms with van der Waals surface area (Å²) in [5.74, 6) is 1.70. The molecule has 0 aromatic rings. The van der Waals surface area contributed by atoms with Crippen LogP contribution in [0.4, 0.5) is 0 Å². The molecule has 0 spiro atoms. The van der Waals surface area contributed by atoms with Crippen molar-refractivity contribution in [3.05, 3.63) is 0 Å². The number of guanidine groups is 1. The Bertz CT molecular complexity index is 312. The Morgan fingerprint density at radius 3 is 2.11 bits per heavy atom. The summed E-state index contributed by atoms with van der Waals surface area (Å²) in [6.45, 7) is 0.965. The second-order valence-electron chi connectivity index (χ2n) is 6.72. The van der Waals surface area contributed by atoms with Crippen LogP contribution in [0.3, 0.4) is 0 Å². The van der Waals surface area contributed by atoms with E-state index in [1.165, 1.54) is 70.6 Å². The summed E-state index contributed by atoms with van der Waals surface area (Å²) < 4.78 is 0. The highest BCUT2D eigenvalue weighted by atomic mass is 15.3. The van der Waals surface area contributed by atoms with Gasteiger partial charge in [-0.1, -0.05) is 44.9 Å². The summed E-state index contributed by atoms with van der Waals surface area (Å²) in [6.07, 6.45) is 15.3. The maximum absolute atomic E-state index is 6.23. The molecule has 0 aromatic carbocycles. The van der Waals surface area contributed by atoms with E-state index in [0.29, 0.717) is 12.1 Å². The third-order valence-electron chi connectivity index (χ3n) is 5.47. The van der Waals surface area contributed by atoms with Crippen LogP contribution in [0.15, 0.2) is 4.99 Å². The van der Waals surface area contributed by atoms with Crippen LogP contribution in [-0.2, 0) is 0 Å². The van der Waals surface area contributed by atoms with E-state index in [-0.39, 0.29) is 0 Å². The molecule has 0 bridgehead atoms. The van der Waals surface area contributed by atoms with Gasteiger partial charge in [-0.25, -0.2) is 0 Å². The molecular formula is C16H29N3. The largest absolute Gasteiger partial charge is 0.370 e. The predicted molar refractivity (Wildman–Crippen MR) is 80.2 cm³/mol. The quantitative estimate of drug-likeness (QED) is 0.777. The molecule has 0 saturated heterocycles. The van der Waals surface area contributed by atoms with Crippen molar-refractivity contribution in [3.8, 4) is 0 Å². The van der Waals surface area contributed by atoms with Gasteiger partial charge in [0.25, 0.3) is 0 Å². The van der Waals surface area contributed by atoms with Crippen molar-refractivity contribution in [2.75, 3.05) is 6.54 Å². The summed E-state index contributed by atoms with van der Waals surface area (Å²) in [6, 6.07) is 1.31. The Hall–Kier alpha value is -0.730. The van der Waals surface area contributed by atoms with Gasteiger partial charge in [0.1, 0.15) is 0 Å². The Kier molecular flexibility index (Phi) is 4.29. The van der Waals surface area contributed by atoms with Gasteiger partial charge in [-0.15, -0.1) is 0 Å². The molecule has 0 radical (unpaired) electrons. The number of hydrogen-bond acceptors (Lipinski definition) is 3. The number of nitrogens with two attached hydrogens (primary N) is 1. The van der Waals surface area contributed by atoms with Gasteiger partial charge in [-0.3, -0.25) is 4.99 Å². The second-order valence-corrected chi connectivity index (χ2v) is 6.72. The summed E-state index contributed by atoms with van der Waals surface area (Å²) in [5.41, 5.74) is 6.23. The van der Waals surface area contributed by atoms with Gasteiger partial charge in [-0.05, 0) is 31.6 Å². The third-order valence-corrected chi connectivity index (χ3v) is 5.47. The van der Waals surface area contributed by atoms with Crippen LogP contribution in [0.1, 0.15) is 70.6 Å². The average Bonchev–Trinajstić information content (AvgIpc) is 2.66. The van der Waals surface area contributed by atoms with E-state index >= 15 is 0 Å². The van der Waals surface area contributed by atoms with E-state index < -0.39 is 0 Å². The van der Waals surface area contributed by atoms with Crippen LogP contribution in [0, 0.1) is 5.92 Å². The van der Waals surface area contributed by atoms with Crippen LogP contribution in [0.25, 0.3) is 0 Å². The van der Waals surface area contributed by atoms with Gasteiger partial charge < -0.3 is 10.6 Å². The molecule has 0 aromatic heterocycles. The molecule has 2 aliphatic carbocycles. The first kappa shape index (κ1) is 13.3. The standard InChI is InChI=1S/C16H29N3/c17-16-18-12-15(13-8-4-3-5-9-13)19(16)14-10-6-1-2-7-11-14/h13-15H,1-12H2,(H2,17,18). The lowest BCUT2D eigenvalue weighted by atomic mass is 9.83. The Morgan fingerprint density at radius 1 is 0.842 bits per heavy atom. The van der Waals surface area contributed by atoms with E-state index in [0.717, 1.165) is 18.4 Å². The lowest BCUT2D eigenvalue weighted by Crippen LogP contribution is -2.50. The van der Waals surface area contributed by atoms with E-state index in [1.807, 2.05) is 0 Å². The van der Waals surface area contributed by atoms with Crippen molar-refractivity contribution in [1.29, 1.82) is 0 Å². The molecule has 19 heavy (non-hydrogen) atoms. The van der Waals surface area contributed by atoms with Crippen LogP contribution < -0.4 is 5.73 Å². The lowest BCUT2D eigenvalue weighted by Gasteiger charge is -2.39. The van der Waals surface area contributed by atoms with Gasteiger partial charge in [0.2, 0.25) is 0 Å². The highest BCUT2D eigenvalue weighted by molar-refractivity contribution is 5.80. The molecule has 1 heterocycles. The minimum atomic E-state index is 0.628. The van der Waals surface area contributed by atoms with Gasteiger partial charge in [0, 0.05) is 6.04 Å². The summed E-state index contributed by atoms with van der Waals surface area (Å²) in [7, 11) is 0. The highest BCUT2D eigenvalue weighted by Crippen LogP contribution is 2.34. The van der Waals surface area contributed by atoms with Crippen molar-refractivity contribution in [3.63, 3.8) is 0 Å². The first-order chi connectivity index (χ1) is 9.36. The molecule has 1 atom stereocenters. The van der Waals surface area contributed by atoms with E-state index in [1.54, 1.807) is 0 Å². The zero-order chi connectivity index (χ0) is 13.1. The molecule has 2 fully saturated rings. The van der Waals surface area contributed by atoms with E-state index in [4.69, 9.17) is 5.73 Å². The van der Waals surface area contributed by atoms with Crippen LogP contribution in [0.5, 0.6) is 0 Å². The van der Waals surface area contributed by atoms with Gasteiger partial charge in [-0.2, -0.15) is 0 Å². The molecule has 3 aliphatic rings. The molecule has 3 rings (SSSR count). The number of rotatable bonds is 2. The average molecular weight is 263 g/mol. The van der Waals surface area contributed by atoms with E-state index in [2.05, 4.69) is 9.89 Å². The first-order valence-corrected chi connectivity index (χ1v) is 8.44. The Balaban J connectivity index is 1.69. The molecule has 1 aliphatic heterocycles. The fourth-order valence-electron chi connectivity index (χ4n) is 4.42. The summed E-state index contributed by atoms with van der Waals surface area (Å²) >= 11 is 0. The molecule has 1 unspecified atom stereocenters. The van der Waals surface area contributed by atoms with Crippen molar-refractivity contribution < 1.29 is 0 Å². The fraction of sp³-hybridized carbons (Fsp3) is 0.938. The number of nitrogens with zero attached hydrogens (tertiary/aromatic N) is 2. The maximum Gasteiger partial charge on any atom is 0.191 e. The van der Waals surface area contributed by atoms with Crippen LogP contribution in [-0.4, -0.2) is 29.5 Å². The Morgan fingerprint density at radius 2 is 1.42 bits per heavy atom. The topological polar surface area (TPSA) is 41.6 Å². The second kappa shape index (κ2) is 6.15. The normalized spacial score (nSPS) is 31.3. The molecular weight excluding hydrogens is 234 g/mol. The fourth-order valence-corrected chi connectivity index (χ4v) is 4.42. The molecule has 0 amide bonds. The number of aliphatic imine (C=N–C) groups is 1. The van der Waals surface area contributed by atoms with Crippen LogP contribution in [0.2, 0.25) is 0 Å². The van der Waals surface area contributed by atoms with Crippen molar-refractivity contribution in [1.82, 2.24) is 4.90 Å². The minimum absolute atomic E-state index is 0.628. The molecule has 3 nitrogen and oxygen atoms in total. The minimum Gasteiger partial charge on any atom is -0.370 e. The molecule has 3 heteroatoms. The van der Waals surface area contributed by atoms with Crippen molar-refractivity contribution in [2.24, 2.45) is 16.6 Å². The first-order valence-electron chi connectivity index (χ1n) is 8.44. The lowest BCUT2D eigenvalue weighted by molar-refractivity contribution is 0.154. The van der Waals surface area contributed by atoms with Crippen LogP contribution >= 0.6 is 0 Å². The highest BCUT2D eigenvalue weighted by Gasteiger charge is 2.37. The van der Waals surface area contributed by atoms with E-state index in [9.17, 15) is 0 Å². The zero-order valence-corrected chi connectivity index (χ0v) is 12.2. The SMILES string of the molecule is NC1=NCC(C2CCCCC2)N1C1CCCCCC1. The summed E-state index contributed by atoms with van der Waals surface area (Å²) in [5, 5.41) is 0. The van der Waals surface area contributed by atoms with Gasteiger partial charge in [0.05, 0.1) is 12.6 Å². The molecule has 2 saturated carbocycles. The predicted octanol–water partition coefficient (Wildman–Crippen LogP) is 3.29. The van der Waals surface area contributed by atoms with Gasteiger partial charge >= 0.3 is 0 Å². The number of hydrogen-bond donors (Lipinski definition) is 1. The molecule has 2 N–H and O–H groups in total. The third kappa shape index (κ3) is 2.90. The van der Waals surface area contributed by atoms with Crippen molar-refractivity contribution >= 4 is 5.96 Å². The smallest absolute Gasteiger partial charge is 0.191 e.